The second kappa shape index (κ2) is 5.32. The van der Waals surface area contributed by atoms with E-state index < -0.39 is 0 Å². The standard InChI is InChI=1S/C13H13N3O2/c1-2-18-13(17)9-10-11(6-7-14)16-8-4-3-5-12(16)15-10/h3-5,8H,2,6,9H2,1H3. The molecule has 0 atom stereocenters. The van der Waals surface area contributed by atoms with Crippen molar-refractivity contribution >= 4 is 11.6 Å². The van der Waals surface area contributed by atoms with Gasteiger partial charge in [0.15, 0.2) is 0 Å². The number of hydrogen-bond acceptors (Lipinski definition) is 4. The monoisotopic (exact) mass is 243 g/mol. The minimum Gasteiger partial charge on any atom is -0.466 e. The summed E-state index contributed by atoms with van der Waals surface area (Å²) in [7, 11) is 0. The first kappa shape index (κ1) is 12.1. The molecule has 2 aromatic rings. The maximum absolute atomic E-state index is 11.5. The Morgan fingerprint density at radius 3 is 3.11 bits per heavy atom. The average Bonchev–Trinajstić information content (AvgIpc) is 2.68. The molecule has 0 amide bonds. The fraction of sp³-hybridized carbons (Fsp3) is 0.308. The number of carbonyl (C=O) groups excluding carboxylic acids is 1. The van der Waals surface area contributed by atoms with Crippen LogP contribution in [0.1, 0.15) is 18.3 Å². The number of rotatable bonds is 4. The van der Waals surface area contributed by atoms with Crippen molar-refractivity contribution in [2.45, 2.75) is 19.8 Å². The number of pyridine rings is 1. The van der Waals surface area contributed by atoms with E-state index in [0.717, 1.165) is 11.3 Å². The molecule has 2 rings (SSSR count). The summed E-state index contributed by atoms with van der Waals surface area (Å²) in [6.45, 7) is 2.11. The first-order valence-electron chi connectivity index (χ1n) is 5.73. The Bertz CT molecular complexity index is 610. The molecule has 0 saturated carbocycles. The third-order valence-corrected chi connectivity index (χ3v) is 2.58. The molecule has 0 spiro atoms. The Hall–Kier alpha value is -2.35. The maximum atomic E-state index is 11.5. The molecule has 0 fully saturated rings. The van der Waals surface area contributed by atoms with E-state index >= 15 is 0 Å². The lowest BCUT2D eigenvalue weighted by Gasteiger charge is -2.01. The smallest absolute Gasteiger partial charge is 0.311 e. The van der Waals surface area contributed by atoms with Crippen molar-refractivity contribution in [3.8, 4) is 6.07 Å². The SMILES string of the molecule is CCOC(=O)Cc1nc2ccccn2c1CC#N. The number of nitrogens with zero attached hydrogens (tertiary/aromatic N) is 3. The van der Waals surface area contributed by atoms with Gasteiger partial charge in [0.2, 0.25) is 0 Å². The molecule has 0 aromatic carbocycles. The number of carbonyl (C=O) groups is 1. The van der Waals surface area contributed by atoms with Gasteiger partial charge in [-0.05, 0) is 19.1 Å². The number of esters is 1. The van der Waals surface area contributed by atoms with Crippen LogP contribution >= 0.6 is 0 Å². The second-order valence-corrected chi connectivity index (χ2v) is 3.75. The molecular weight excluding hydrogens is 230 g/mol. The molecule has 0 bridgehead atoms. The molecule has 0 aliphatic heterocycles. The lowest BCUT2D eigenvalue weighted by Crippen LogP contribution is -2.09. The van der Waals surface area contributed by atoms with Crippen molar-refractivity contribution in [2.24, 2.45) is 0 Å². The number of ether oxygens (including phenoxy) is 1. The predicted molar refractivity (Wildman–Crippen MR) is 64.8 cm³/mol. The highest BCUT2D eigenvalue weighted by molar-refractivity contribution is 5.72. The van der Waals surface area contributed by atoms with Crippen LogP contribution < -0.4 is 0 Å². The second-order valence-electron chi connectivity index (χ2n) is 3.75. The summed E-state index contributed by atoms with van der Waals surface area (Å²) in [5.74, 6) is -0.319. The van der Waals surface area contributed by atoms with Gasteiger partial charge < -0.3 is 9.14 Å². The fourth-order valence-electron chi connectivity index (χ4n) is 1.85. The van der Waals surface area contributed by atoms with E-state index in [-0.39, 0.29) is 18.8 Å². The van der Waals surface area contributed by atoms with Crippen LogP contribution in [0.4, 0.5) is 0 Å². The number of hydrogen-bond donors (Lipinski definition) is 0. The van der Waals surface area contributed by atoms with Gasteiger partial charge in [0.25, 0.3) is 0 Å². The van der Waals surface area contributed by atoms with Gasteiger partial charge in [-0.1, -0.05) is 6.07 Å². The summed E-state index contributed by atoms with van der Waals surface area (Å²) >= 11 is 0. The molecule has 0 unspecified atom stereocenters. The maximum Gasteiger partial charge on any atom is 0.311 e. The van der Waals surface area contributed by atoms with Gasteiger partial charge in [0.1, 0.15) is 5.65 Å². The summed E-state index contributed by atoms with van der Waals surface area (Å²) < 4.78 is 6.73. The van der Waals surface area contributed by atoms with Gasteiger partial charge in [-0.25, -0.2) is 4.98 Å². The van der Waals surface area contributed by atoms with Crippen LogP contribution in [0.15, 0.2) is 24.4 Å². The number of aromatic nitrogens is 2. The van der Waals surface area contributed by atoms with Crippen molar-refractivity contribution < 1.29 is 9.53 Å². The van der Waals surface area contributed by atoms with Crippen molar-refractivity contribution in [1.82, 2.24) is 9.38 Å². The fourth-order valence-corrected chi connectivity index (χ4v) is 1.85. The van der Waals surface area contributed by atoms with E-state index in [4.69, 9.17) is 10.00 Å². The van der Waals surface area contributed by atoms with Gasteiger partial charge in [-0.3, -0.25) is 4.79 Å². The first-order valence-corrected chi connectivity index (χ1v) is 5.73. The zero-order valence-electron chi connectivity index (χ0n) is 10.1. The normalized spacial score (nSPS) is 10.2. The van der Waals surface area contributed by atoms with E-state index in [1.54, 1.807) is 6.92 Å². The molecule has 18 heavy (non-hydrogen) atoms. The van der Waals surface area contributed by atoms with Crippen molar-refractivity contribution in [1.29, 1.82) is 5.26 Å². The summed E-state index contributed by atoms with van der Waals surface area (Å²) in [5.41, 5.74) is 2.10. The van der Waals surface area contributed by atoms with Gasteiger partial charge >= 0.3 is 5.97 Å². The van der Waals surface area contributed by atoms with Crippen LogP contribution in [0, 0.1) is 11.3 Å². The van der Waals surface area contributed by atoms with Crippen molar-refractivity contribution in [2.75, 3.05) is 6.61 Å². The molecule has 0 aliphatic rings. The minimum absolute atomic E-state index is 0.104. The summed E-state index contributed by atoms with van der Waals surface area (Å²) in [5, 5.41) is 8.85. The molecule has 0 radical (unpaired) electrons. The predicted octanol–water partition coefficient (Wildman–Crippen LogP) is 1.51. The first-order chi connectivity index (χ1) is 8.76. The third kappa shape index (κ3) is 2.33. The van der Waals surface area contributed by atoms with E-state index in [0.29, 0.717) is 12.3 Å². The zero-order chi connectivity index (χ0) is 13.0. The zero-order valence-corrected chi connectivity index (χ0v) is 10.1. The minimum atomic E-state index is -0.319. The van der Waals surface area contributed by atoms with Crippen LogP contribution in [-0.2, 0) is 22.4 Å². The summed E-state index contributed by atoms with van der Waals surface area (Å²) in [6.07, 6.45) is 2.16. The molecule has 0 N–H and O–H groups in total. The Morgan fingerprint density at radius 1 is 1.56 bits per heavy atom. The number of nitriles is 1. The number of imidazole rings is 1. The van der Waals surface area contributed by atoms with Crippen molar-refractivity contribution in [3.05, 3.63) is 35.8 Å². The largest absolute Gasteiger partial charge is 0.466 e. The van der Waals surface area contributed by atoms with Gasteiger partial charge in [0.05, 0.1) is 36.9 Å². The summed E-state index contributed by atoms with van der Waals surface area (Å²) in [6, 6.07) is 7.67. The van der Waals surface area contributed by atoms with Gasteiger partial charge in [-0.15, -0.1) is 0 Å². The lowest BCUT2D eigenvalue weighted by molar-refractivity contribution is -0.142. The molecule has 2 heterocycles. The van der Waals surface area contributed by atoms with Crippen LogP contribution in [0.3, 0.4) is 0 Å². The average molecular weight is 243 g/mol. The van der Waals surface area contributed by atoms with Crippen LogP contribution in [0.25, 0.3) is 5.65 Å². The molecular formula is C13H13N3O2. The highest BCUT2D eigenvalue weighted by atomic mass is 16.5. The van der Waals surface area contributed by atoms with Gasteiger partial charge in [-0.2, -0.15) is 5.26 Å². The molecule has 92 valence electrons. The Kier molecular flexibility index (Phi) is 3.58. The molecule has 5 nitrogen and oxygen atoms in total. The third-order valence-electron chi connectivity index (χ3n) is 2.58. The molecule has 2 aromatic heterocycles. The van der Waals surface area contributed by atoms with Gasteiger partial charge in [0, 0.05) is 6.20 Å². The topological polar surface area (TPSA) is 67.4 Å². The Morgan fingerprint density at radius 2 is 2.39 bits per heavy atom. The van der Waals surface area contributed by atoms with E-state index in [2.05, 4.69) is 11.1 Å². The van der Waals surface area contributed by atoms with E-state index in [9.17, 15) is 4.79 Å². The highest BCUT2D eigenvalue weighted by Crippen LogP contribution is 2.14. The Balaban J connectivity index is 2.40. The molecule has 0 aliphatic carbocycles. The van der Waals surface area contributed by atoms with Crippen LogP contribution in [0.5, 0.6) is 0 Å². The van der Waals surface area contributed by atoms with E-state index in [1.807, 2.05) is 28.8 Å². The highest BCUT2D eigenvalue weighted by Gasteiger charge is 2.15. The van der Waals surface area contributed by atoms with Crippen LogP contribution in [0.2, 0.25) is 0 Å². The molecule has 0 saturated heterocycles. The number of fused-ring (bicyclic) bond motifs is 1. The quantitative estimate of drug-likeness (QED) is 0.763. The molecule has 5 heteroatoms. The van der Waals surface area contributed by atoms with Crippen LogP contribution in [-0.4, -0.2) is 22.0 Å². The lowest BCUT2D eigenvalue weighted by atomic mass is 10.2. The summed E-state index contributed by atoms with van der Waals surface area (Å²) in [4.78, 5) is 15.9. The Labute approximate surface area is 105 Å². The van der Waals surface area contributed by atoms with Crippen molar-refractivity contribution in [3.63, 3.8) is 0 Å². The van der Waals surface area contributed by atoms with E-state index in [1.165, 1.54) is 0 Å².